The fourth-order valence-corrected chi connectivity index (χ4v) is 2.41. The summed E-state index contributed by atoms with van der Waals surface area (Å²) in [5, 5.41) is 11.0. The normalized spacial score (nSPS) is 12.6. The van der Waals surface area contributed by atoms with Gasteiger partial charge in [0.05, 0.1) is 5.69 Å². The third-order valence-corrected chi connectivity index (χ3v) is 3.50. The van der Waals surface area contributed by atoms with Crippen LogP contribution in [0.5, 0.6) is 0 Å². The van der Waals surface area contributed by atoms with E-state index in [4.69, 9.17) is 16.6 Å². The highest BCUT2D eigenvalue weighted by atomic mass is 32.2. The number of nitrogens with two attached hydrogens (primary N) is 2. The number of anilines is 1. The van der Waals surface area contributed by atoms with Crippen LogP contribution in [0.1, 0.15) is 5.69 Å². The molecule has 0 unspecified atom stereocenters. The van der Waals surface area contributed by atoms with Crippen LogP contribution in [0.4, 0.5) is 5.13 Å². The molecule has 0 amide bonds. The van der Waals surface area contributed by atoms with Crippen LogP contribution in [0.25, 0.3) is 0 Å². The molecule has 5 N–H and O–H groups in total. The number of carboxylic acids is 1. The minimum atomic E-state index is -0.958. The first kappa shape index (κ1) is 12.3. The molecule has 0 saturated carbocycles. The van der Waals surface area contributed by atoms with Gasteiger partial charge in [-0.15, -0.1) is 11.3 Å². The molecule has 5 nitrogen and oxygen atoms in total. The molecule has 1 rings (SSSR count). The lowest BCUT2D eigenvalue weighted by Gasteiger charge is -2.04. The molecule has 15 heavy (non-hydrogen) atoms. The molecular weight excluding hydrogens is 234 g/mol. The highest BCUT2D eigenvalue weighted by molar-refractivity contribution is 7.99. The van der Waals surface area contributed by atoms with E-state index < -0.39 is 12.0 Å². The Balaban J connectivity index is 2.14. The van der Waals surface area contributed by atoms with E-state index in [-0.39, 0.29) is 0 Å². The van der Waals surface area contributed by atoms with Crippen molar-refractivity contribution in [1.29, 1.82) is 0 Å². The second-order valence-corrected chi connectivity index (χ2v) is 4.99. The standard InChI is InChI=1S/C8H13N3O2S2/c9-6(7(12)13)4-14-2-1-5-3-15-8(10)11-5/h3,6H,1-2,4,9H2,(H2,10,11)(H,12,13)/t6-/m0/s1. The third kappa shape index (κ3) is 4.50. The number of carbonyl (C=O) groups is 1. The number of aliphatic carboxylic acids is 1. The molecule has 0 aliphatic carbocycles. The Labute approximate surface area is 95.9 Å². The number of nitrogens with zero attached hydrogens (tertiary/aromatic N) is 1. The SMILES string of the molecule is Nc1nc(CCSC[C@H](N)C(=O)O)cs1. The van der Waals surface area contributed by atoms with Gasteiger partial charge in [-0.1, -0.05) is 0 Å². The van der Waals surface area contributed by atoms with Gasteiger partial charge in [0.1, 0.15) is 6.04 Å². The van der Waals surface area contributed by atoms with Crippen LogP contribution >= 0.6 is 23.1 Å². The average Bonchev–Trinajstić information content (AvgIpc) is 2.58. The summed E-state index contributed by atoms with van der Waals surface area (Å²) < 4.78 is 0. The minimum absolute atomic E-state index is 0.426. The summed E-state index contributed by atoms with van der Waals surface area (Å²) in [5.41, 5.74) is 11.8. The van der Waals surface area contributed by atoms with E-state index in [0.717, 1.165) is 17.9 Å². The maximum atomic E-state index is 10.4. The Morgan fingerprint density at radius 3 is 3.00 bits per heavy atom. The van der Waals surface area contributed by atoms with Crippen LogP contribution in [-0.4, -0.2) is 33.6 Å². The van der Waals surface area contributed by atoms with Crippen LogP contribution in [0.3, 0.4) is 0 Å². The number of hydrogen-bond donors (Lipinski definition) is 3. The lowest BCUT2D eigenvalue weighted by Crippen LogP contribution is -2.32. The van der Waals surface area contributed by atoms with E-state index in [2.05, 4.69) is 4.98 Å². The summed E-state index contributed by atoms with van der Waals surface area (Å²) in [6, 6.07) is -0.782. The fourth-order valence-electron chi connectivity index (χ4n) is 0.896. The number of rotatable bonds is 6. The zero-order valence-corrected chi connectivity index (χ0v) is 9.68. The first-order valence-electron chi connectivity index (χ1n) is 4.35. The van der Waals surface area contributed by atoms with E-state index in [1.54, 1.807) is 0 Å². The van der Waals surface area contributed by atoms with Crippen LogP contribution in [0.15, 0.2) is 5.38 Å². The zero-order valence-electron chi connectivity index (χ0n) is 8.05. The van der Waals surface area contributed by atoms with Crippen molar-refractivity contribution in [3.05, 3.63) is 11.1 Å². The molecule has 0 bridgehead atoms. The van der Waals surface area contributed by atoms with Crippen molar-refractivity contribution in [2.24, 2.45) is 5.73 Å². The third-order valence-electron chi connectivity index (χ3n) is 1.69. The first-order chi connectivity index (χ1) is 7.09. The number of hydrogen-bond acceptors (Lipinski definition) is 6. The molecule has 1 heterocycles. The smallest absolute Gasteiger partial charge is 0.321 e. The van der Waals surface area contributed by atoms with E-state index >= 15 is 0 Å². The Morgan fingerprint density at radius 1 is 1.73 bits per heavy atom. The number of nitrogen functional groups attached to an aromatic ring is 1. The molecule has 0 aliphatic rings. The van der Waals surface area contributed by atoms with Gasteiger partial charge >= 0.3 is 5.97 Å². The van der Waals surface area contributed by atoms with Crippen molar-refractivity contribution in [2.75, 3.05) is 17.2 Å². The van der Waals surface area contributed by atoms with E-state index in [9.17, 15) is 4.79 Å². The summed E-state index contributed by atoms with van der Waals surface area (Å²) in [5.74, 6) is 0.277. The molecule has 1 aromatic rings. The van der Waals surface area contributed by atoms with Crippen molar-refractivity contribution in [2.45, 2.75) is 12.5 Å². The van der Waals surface area contributed by atoms with Crippen molar-refractivity contribution in [1.82, 2.24) is 4.98 Å². The molecule has 7 heteroatoms. The Kier molecular flexibility index (Phi) is 4.86. The van der Waals surface area contributed by atoms with E-state index in [0.29, 0.717) is 10.9 Å². The topological polar surface area (TPSA) is 102 Å². The predicted octanol–water partition coefficient (Wildman–Crippen LogP) is 0.413. The van der Waals surface area contributed by atoms with Gasteiger partial charge in [-0.05, 0) is 12.2 Å². The highest BCUT2D eigenvalue weighted by Crippen LogP contribution is 2.13. The van der Waals surface area contributed by atoms with E-state index in [1.165, 1.54) is 23.1 Å². The quantitative estimate of drug-likeness (QED) is 0.629. The monoisotopic (exact) mass is 247 g/mol. The number of thiazole rings is 1. The maximum Gasteiger partial charge on any atom is 0.321 e. The zero-order chi connectivity index (χ0) is 11.3. The van der Waals surface area contributed by atoms with Crippen LogP contribution < -0.4 is 11.5 Å². The molecule has 1 aromatic heterocycles. The van der Waals surface area contributed by atoms with Gasteiger partial charge in [0.15, 0.2) is 5.13 Å². The van der Waals surface area contributed by atoms with Crippen LogP contribution in [-0.2, 0) is 11.2 Å². The molecule has 1 atom stereocenters. The second-order valence-electron chi connectivity index (χ2n) is 2.95. The second kappa shape index (κ2) is 5.94. The molecule has 0 aliphatic heterocycles. The van der Waals surface area contributed by atoms with Crippen LogP contribution in [0, 0.1) is 0 Å². The molecule has 0 radical (unpaired) electrons. The van der Waals surface area contributed by atoms with Gasteiger partial charge in [0, 0.05) is 11.1 Å². The van der Waals surface area contributed by atoms with Crippen molar-refractivity contribution in [3.8, 4) is 0 Å². The highest BCUT2D eigenvalue weighted by Gasteiger charge is 2.10. The molecule has 84 valence electrons. The fraction of sp³-hybridized carbons (Fsp3) is 0.500. The summed E-state index contributed by atoms with van der Waals surface area (Å²) in [6.07, 6.45) is 0.796. The predicted molar refractivity (Wildman–Crippen MR) is 63.2 cm³/mol. The Hall–Kier alpha value is -0.790. The lowest BCUT2D eigenvalue weighted by atomic mass is 10.4. The van der Waals surface area contributed by atoms with Gasteiger partial charge in [-0.3, -0.25) is 4.79 Å². The lowest BCUT2D eigenvalue weighted by molar-refractivity contribution is -0.137. The van der Waals surface area contributed by atoms with Gasteiger partial charge in [0.2, 0.25) is 0 Å². The van der Waals surface area contributed by atoms with Crippen molar-refractivity contribution >= 4 is 34.2 Å². The van der Waals surface area contributed by atoms with Gasteiger partial charge in [-0.25, -0.2) is 4.98 Å². The van der Waals surface area contributed by atoms with E-state index in [1.807, 2.05) is 5.38 Å². The molecule has 0 fully saturated rings. The van der Waals surface area contributed by atoms with Gasteiger partial charge in [0.25, 0.3) is 0 Å². The number of thioether (sulfide) groups is 1. The average molecular weight is 247 g/mol. The number of aromatic nitrogens is 1. The summed E-state index contributed by atoms with van der Waals surface area (Å²) in [6.45, 7) is 0. The molecule has 0 saturated heterocycles. The Morgan fingerprint density at radius 2 is 2.47 bits per heavy atom. The first-order valence-corrected chi connectivity index (χ1v) is 6.39. The summed E-state index contributed by atoms with van der Waals surface area (Å²) in [4.78, 5) is 14.5. The Bertz CT molecular complexity index is 329. The summed E-state index contributed by atoms with van der Waals surface area (Å²) in [7, 11) is 0. The van der Waals surface area contributed by atoms with Crippen molar-refractivity contribution in [3.63, 3.8) is 0 Å². The van der Waals surface area contributed by atoms with Gasteiger partial charge < -0.3 is 16.6 Å². The number of carboxylic acid groups (broad SMARTS) is 1. The largest absolute Gasteiger partial charge is 0.480 e. The minimum Gasteiger partial charge on any atom is -0.480 e. The maximum absolute atomic E-state index is 10.4. The van der Waals surface area contributed by atoms with Crippen molar-refractivity contribution < 1.29 is 9.90 Å². The summed E-state index contributed by atoms with van der Waals surface area (Å²) >= 11 is 2.92. The molecular formula is C8H13N3O2S2. The molecule has 0 spiro atoms. The van der Waals surface area contributed by atoms with Gasteiger partial charge in [-0.2, -0.15) is 11.8 Å². The molecule has 0 aromatic carbocycles. The number of aryl methyl sites for hydroxylation is 1. The van der Waals surface area contributed by atoms with Crippen LogP contribution in [0.2, 0.25) is 0 Å².